The van der Waals surface area contributed by atoms with E-state index in [0.29, 0.717) is 23.9 Å². The molecule has 0 aliphatic carbocycles. The number of hydrogen-bond acceptors (Lipinski definition) is 7. The Morgan fingerprint density at radius 1 is 0.423 bits per heavy atom. The van der Waals surface area contributed by atoms with Gasteiger partial charge in [0.15, 0.2) is 6.10 Å². The van der Waals surface area contributed by atoms with Gasteiger partial charge in [-0.1, -0.05) is 212 Å². The Kier molecular flexibility index (Phi) is 48.9. The second-order valence-electron chi connectivity index (χ2n) is 19.1. The van der Waals surface area contributed by atoms with Crippen LogP contribution in [0.4, 0.5) is 0 Å². The minimum Gasteiger partial charge on any atom is -0.477 e. The second kappa shape index (κ2) is 52.0. The van der Waals surface area contributed by atoms with Crippen molar-refractivity contribution in [2.75, 3.05) is 47.5 Å². The maximum atomic E-state index is 12.8. The molecule has 0 radical (unpaired) electrons. The van der Waals surface area contributed by atoms with Crippen LogP contribution in [0.1, 0.15) is 194 Å². The molecule has 9 heteroatoms. The smallest absolute Gasteiger partial charge is 0.361 e. The summed E-state index contributed by atoms with van der Waals surface area (Å²) in [5.74, 6) is -2.13. The summed E-state index contributed by atoms with van der Waals surface area (Å²) >= 11 is 0. The zero-order chi connectivity index (χ0) is 52.0. The van der Waals surface area contributed by atoms with E-state index in [-0.39, 0.29) is 32.7 Å². The van der Waals surface area contributed by atoms with Crippen LogP contribution in [0.3, 0.4) is 0 Å². The minimum absolute atomic E-state index is 0.172. The molecule has 0 aromatic carbocycles. The Hall–Kier alpha value is -4.31. The SMILES string of the molecule is CC/C=C\C/C=C\C/C=C\C/C=C\C/C=C\C/C=C\CCCCCCCCCCCCCCCCC(=O)OC(COC(=O)CC/C=C\C/C=C\C/C=C\C/C=C\CC)COC(OCC[N+](C)(C)C)C(=O)O. The fourth-order valence-corrected chi connectivity index (χ4v) is 7.03. The minimum atomic E-state index is -1.53. The van der Waals surface area contributed by atoms with Crippen LogP contribution < -0.4 is 0 Å². The molecule has 2 unspecified atom stereocenters. The second-order valence-corrected chi connectivity index (χ2v) is 19.1. The lowest BCUT2D eigenvalue weighted by Crippen LogP contribution is -2.40. The number of unbranched alkanes of at least 4 members (excludes halogenated alkanes) is 14. The van der Waals surface area contributed by atoms with E-state index in [9.17, 15) is 19.5 Å². The van der Waals surface area contributed by atoms with Crippen LogP contribution in [0.25, 0.3) is 0 Å². The normalized spacial score (nSPS) is 13.8. The molecule has 0 rings (SSSR count). The number of ether oxygens (including phenoxy) is 4. The predicted molar refractivity (Wildman–Crippen MR) is 299 cm³/mol. The summed E-state index contributed by atoms with van der Waals surface area (Å²) in [5, 5.41) is 9.67. The Labute approximate surface area is 434 Å². The predicted octanol–water partition coefficient (Wildman–Crippen LogP) is 16.1. The third kappa shape index (κ3) is 53.3. The van der Waals surface area contributed by atoms with Crippen LogP contribution in [0.5, 0.6) is 0 Å². The molecular weight excluding hydrogens is 887 g/mol. The zero-order valence-electron chi connectivity index (χ0n) is 45.6. The van der Waals surface area contributed by atoms with Gasteiger partial charge < -0.3 is 28.5 Å². The number of carboxylic acids is 1. The maximum Gasteiger partial charge on any atom is 0.361 e. The average molecular weight is 989 g/mol. The number of nitrogens with zero attached hydrogens (tertiary/aromatic N) is 1. The van der Waals surface area contributed by atoms with Crippen LogP contribution in [0.2, 0.25) is 0 Å². The number of likely N-dealkylation sites (N-methyl/N-ethyl adjacent to an activating group) is 1. The Balaban J connectivity index is 4.20. The summed E-state index contributed by atoms with van der Waals surface area (Å²) in [4.78, 5) is 37.2. The van der Waals surface area contributed by atoms with Crippen molar-refractivity contribution in [2.24, 2.45) is 0 Å². The molecule has 0 saturated carbocycles. The highest BCUT2D eigenvalue weighted by atomic mass is 16.7. The van der Waals surface area contributed by atoms with Crippen LogP contribution in [0, 0.1) is 0 Å². The number of allylic oxidation sites excluding steroid dienone is 20. The van der Waals surface area contributed by atoms with Gasteiger partial charge in [0.25, 0.3) is 6.29 Å². The number of carbonyl (C=O) groups is 3. The van der Waals surface area contributed by atoms with Crippen LogP contribution in [0.15, 0.2) is 122 Å². The van der Waals surface area contributed by atoms with Crippen molar-refractivity contribution in [2.45, 2.75) is 206 Å². The summed E-state index contributed by atoms with van der Waals surface area (Å²) in [6.45, 7) is 4.54. The van der Waals surface area contributed by atoms with Crippen molar-refractivity contribution in [1.29, 1.82) is 0 Å². The molecule has 0 aliphatic heterocycles. The van der Waals surface area contributed by atoms with E-state index in [1.54, 1.807) is 0 Å². The van der Waals surface area contributed by atoms with E-state index in [1.165, 1.54) is 70.6 Å². The molecule has 0 bridgehead atoms. The highest BCUT2D eigenvalue weighted by Gasteiger charge is 2.25. The van der Waals surface area contributed by atoms with Gasteiger partial charge in [0.05, 0.1) is 34.4 Å². The summed E-state index contributed by atoms with van der Waals surface area (Å²) in [5.41, 5.74) is 0. The van der Waals surface area contributed by atoms with Gasteiger partial charge in [-0.15, -0.1) is 0 Å². The Morgan fingerprint density at radius 3 is 1.18 bits per heavy atom. The lowest BCUT2D eigenvalue weighted by Gasteiger charge is -2.25. The monoisotopic (exact) mass is 989 g/mol. The molecular formula is C62H102NO8+. The molecule has 9 nitrogen and oxygen atoms in total. The van der Waals surface area contributed by atoms with Crippen molar-refractivity contribution >= 4 is 17.9 Å². The van der Waals surface area contributed by atoms with Crippen molar-refractivity contribution in [1.82, 2.24) is 0 Å². The average Bonchev–Trinajstić information content (AvgIpc) is 3.34. The van der Waals surface area contributed by atoms with Crippen LogP contribution in [-0.4, -0.2) is 87.4 Å². The Morgan fingerprint density at radius 2 is 0.789 bits per heavy atom. The van der Waals surface area contributed by atoms with Crippen LogP contribution in [-0.2, 0) is 33.3 Å². The van der Waals surface area contributed by atoms with Crippen molar-refractivity contribution < 1.29 is 42.9 Å². The van der Waals surface area contributed by atoms with E-state index < -0.39 is 30.3 Å². The summed E-state index contributed by atoms with van der Waals surface area (Å²) in [6, 6.07) is 0. The summed E-state index contributed by atoms with van der Waals surface area (Å²) in [7, 11) is 5.93. The molecule has 71 heavy (non-hydrogen) atoms. The quantitative estimate of drug-likeness (QED) is 0.0211. The third-order valence-corrected chi connectivity index (χ3v) is 11.2. The van der Waals surface area contributed by atoms with E-state index >= 15 is 0 Å². The van der Waals surface area contributed by atoms with Crippen molar-refractivity contribution in [3.05, 3.63) is 122 Å². The number of carbonyl (C=O) groups excluding carboxylic acids is 2. The number of quaternary nitrogens is 1. The van der Waals surface area contributed by atoms with Gasteiger partial charge in [-0.3, -0.25) is 9.59 Å². The molecule has 0 saturated heterocycles. The highest BCUT2D eigenvalue weighted by molar-refractivity contribution is 5.71. The van der Waals surface area contributed by atoms with Gasteiger partial charge in [0.1, 0.15) is 13.2 Å². The number of hydrogen-bond donors (Lipinski definition) is 1. The molecule has 0 aromatic rings. The van der Waals surface area contributed by atoms with Gasteiger partial charge in [-0.25, -0.2) is 4.79 Å². The molecule has 1 N–H and O–H groups in total. The zero-order valence-corrected chi connectivity index (χ0v) is 45.6. The number of rotatable bonds is 49. The molecule has 0 aliphatic rings. The lowest BCUT2D eigenvalue weighted by atomic mass is 10.0. The number of aliphatic carboxylic acids is 1. The number of esters is 2. The first-order valence-electron chi connectivity index (χ1n) is 27.7. The largest absolute Gasteiger partial charge is 0.477 e. The van der Waals surface area contributed by atoms with Gasteiger partial charge in [-0.2, -0.15) is 0 Å². The van der Waals surface area contributed by atoms with E-state index in [0.717, 1.165) is 83.5 Å². The van der Waals surface area contributed by atoms with E-state index in [4.69, 9.17) is 18.9 Å². The Bertz CT molecular complexity index is 1570. The van der Waals surface area contributed by atoms with Gasteiger partial charge in [0.2, 0.25) is 0 Å². The molecule has 0 aromatic heterocycles. The van der Waals surface area contributed by atoms with Gasteiger partial charge >= 0.3 is 17.9 Å². The molecule has 0 spiro atoms. The molecule has 0 fully saturated rings. The molecule has 402 valence electrons. The van der Waals surface area contributed by atoms with E-state index in [1.807, 2.05) is 33.3 Å². The first-order chi connectivity index (χ1) is 34.6. The first kappa shape index (κ1) is 66.7. The van der Waals surface area contributed by atoms with E-state index in [2.05, 4.69) is 123 Å². The van der Waals surface area contributed by atoms with Crippen molar-refractivity contribution in [3.8, 4) is 0 Å². The van der Waals surface area contributed by atoms with Crippen molar-refractivity contribution in [3.63, 3.8) is 0 Å². The molecule has 0 amide bonds. The third-order valence-electron chi connectivity index (χ3n) is 11.2. The van der Waals surface area contributed by atoms with Gasteiger partial charge in [-0.05, 0) is 89.9 Å². The standard InChI is InChI=1S/C62H101NO8/c1-6-8-10-12-14-16-18-20-21-22-23-24-25-26-27-28-29-30-31-32-33-34-35-36-37-38-39-41-43-45-47-49-51-53-60(65)71-58(57-70-62(61(66)67)68-55-54-63(3,4)5)56-69-59(64)52-50-48-46-44-42-40-19-17-15-13-11-9-7-2/h8-11,14-17,20-21,23-24,26-27,29-30,40,42,46,48,58,62H,6-7,12-13,18-19,22,25,28,31-39,41,43-45,47,49-57H2,1-5H3/p+1/b10-8-,11-9-,16-14-,17-15-,21-20-,24-23-,27-26-,30-29-,42-40-,48-46-. The maximum absolute atomic E-state index is 12.8. The first-order valence-corrected chi connectivity index (χ1v) is 27.7. The van der Waals surface area contributed by atoms with Gasteiger partial charge in [0, 0.05) is 12.8 Å². The number of carboxylic acid groups (broad SMARTS) is 1. The topological polar surface area (TPSA) is 108 Å². The fraction of sp³-hybridized carbons (Fsp3) is 0.629. The molecule has 0 heterocycles. The summed E-state index contributed by atoms with van der Waals surface area (Å²) < 4.78 is 22.7. The summed E-state index contributed by atoms with van der Waals surface area (Å²) in [6.07, 6.45) is 70.2. The fourth-order valence-electron chi connectivity index (χ4n) is 7.03. The highest BCUT2D eigenvalue weighted by Crippen LogP contribution is 2.15. The van der Waals surface area contributed by atoms with Crippen LogP contribution >= 0.6 is 0 Å². The molecule has 2 atom stereocenters. The lowest BCUT2D eigenvalue weighted by molar-refractivity contribution is -0.870.